The summed E-state index contributed by atoms with van der Waals surface area (Å²) < 4.78 is 24.9. The highest BCUT2D eigenvalue weighted by Crippen LogP contribution is 2.14. The summed E-state index contributed by atoms with van der Waals surface area (Å²) in [7, 11) is 0.481. The van der Waals surface area contributed by atoms with Crippen molar-refractivity contribution < 1.29 is 13.2 Å². The first-order chi connectivity index (χ1) is 11.2. The molecule has 1 aromatic rings. The number of rotatable bonds is 9. The second kappa shape index (κ2) is 9.37. The van der Waals surface area contributed by atoms with Crippen LogP contribution in [0.2, 0.25) is 0 Å². The number of hydrogen-bond acceptors (Lipinski definition) is 5. The number of hydrogen-bond donors (Lipinski definition) is 1. The van der Waals surface area contributed by atoms with Crippen LogP contribution in [0.25, 0.3) is 0 Å². The van der Waals surface area contributed by atoms with Crippen molar-refractivity contribution >= 4 is 21.6 Å². The Morgan fingerprint density at radius 3 is 2.46 bits per heavy atom. The zero-order valence-electron chi connectivity index (χ0n) is 14.3. The molecule has 0 aliphatic rings. The molecule has 1 amide bonds. The van der Waals surface area contributed by atoms with E-state index in [4.69, 9.17) is 5.26 Å². The van der Waals surface area contributed by atoms with E-state index < -0.39 is 10.0 Å². The van der Waals surface area contributed by atoms with Crippen molar-refractivity contribution in [1.82, 2.24) is 9.21 Å². The number of amides is 1. The molecule has 0 saturated carbocycles. The molecule has 1 N–H and O–H groups in total. The molecule has 0 saturated heterocycles. The molecule has 0 aliphatic carbocycles. The molecule has 0 atom stereocenters. The number of nitriles is 1. The Hall–Kier alpha value is -1.95. The number of anilines is 1. The van der Waals surface area contributed by atoms with Gasteiger partial charge in [-0.25, -0.2) is 12.7 Å². The second-order valence-electron chi connectivity index (χ2n) is 5.77. The lowest BCUT2D eigenvalue weighted by Gasteiger charge is -2.20. The Morgan fingerprint density at radius 1 is 1.21 bits per heavy atom. The van der Waals surface area contributed by atoms with E-state index in [1.807, 2.05) is 25.1 Å². The average Bonchev–Trinajstić information content (AvgIpc) is 2.49. The molecule has 24 heavy (non-hydrogen) atoms. The van der Waals surface area contributed by atoms with Crippen LogP contribution in [0.3, 0.4) is 0 Å². The fourth-order valence-electron chi connectivity index (χ4n) is 2.14. The van der Waals surface area contributed by atoms with E-state index in [9.17, 15) is 13.2 Å². The van der Waals surface area contributed by atoms with Crippen molar-refractivity contribution in [2.75, 3.05) is 45.3 Å². The molecule has 7 nitrogen and oxygen atoms in total. The quantitative estimate of drug-likeness (QED) is 0.718. The molecular weight excluding hydrogens is 328 g/mol. The number of carbonyl (C=O) groups excluding carboxylic acids is 1. The number of benzene rings is 1. The molecule has 0 bridgehead atoms. The largest absolute Gasteiger partial charge is 0.325 e. The SMILES string of the molecule is CN(C)CCCN(CCC(=O)Nc1ccccc1C#N)S(C)(=O)=O. The fourth-order valence-corrected chi connectivity index (χ4v) is 3.02. The van der Waals surface area contributed by atoms with Gasteiger partial charge in [-0.05, 0) is 39.2 Å². The molecule has 0 spiro atoms. The van der Waals surface area contributed by atoms with Gasteiger partial charge in [-0.15, -0.1) is 0 Å². The molecule has 0 unspecified atom stereocenters. The highest BCUT2D eigenvalue weighted by atomic mass is 32.2. The summed E-state index contributed by atoms with van der Waals surface area (Å²) in [5, 5.41) is 11.7. The average molecular weight is 352 g/mol. The molecule has 0 aliphatic heterocycles. The van der Waals surface area contributed by atoms with Crippen molar-refractivity contribution in [3.63, 3.8) is 0 Å². The third-order valence-electron chi connectivity index (χ3n) is 3.39. The molecule has 0 radical (unpaired) electrons. The molecule has 132 valence electrons. The summed E-state index contributed by atoms with van der Waals surface area (Å²) >= 11 is 0. The lowest BCUT2D eigenvalue weighted by Crippen LogP contribution is -2.35. The smallest absolute Gasteiger partial charge is 0.225 e. The van der Waals surface area contributed by atoms with Crippen LogP contribution in [0.15, 0.2) is 24.3 Å². The first-order valence-corrected chi connectivity index (χ1v) is 9.47. The van der Waals surface area contributed by atoms with E-state index in [1.54, 1.807) is 24.3 Å². The minimum absolute atomic E-state index is 0.0365. The summed E-state index contributed by atoms with van der Waals surface area (Å²) in [5.41, 5.74) is 0.806. The zero-order chi connectivity index (χ0) is 18.2. The fraction of sp³-hybridized carbons (Fsp3) is 0.500. The maximum atomic E-state index is 12.0. The van der Waals surface area contributed by atoms with Gasteiger partial charge in [0.05, 0.1) is 17.5 Å². The normalized spacial score (nSPS) is 11.5. The number of nitrogens with zero attached hydrogens (tertiary/aromatic N) is 3. The molecule has 1 rings (SSSR count). The third kappa shape index (κ3) is 7.08. The van der Waals surface area contributed by atoms with Crippen molar-refractivity contribution in [3.8, 4) is 6.07 Å². The van der Waals surface area contributed by atoms with Gasteiger partial charge in [0.2, 0.25) is 15.9 Å². The Kier molecular flexibility index (Phi) is 7.85. The van der Waals surface area contributed by atoms with Gasteiger partial charge in [-0.3, -0.25) is 4.79 Å². The second-order valence-corrected chi connectivity index (χ2v) is 7.76. The standard InChI is InChI=1S/C16H24N4O3S/c1-19(2)10-6-11-20(24(3,22)23)12-9-16(21)18-15-8-5-4-7-14(15)13-17/h4-5,7-8H,6,9-12H2,1-3H3,(H,18,21). The molecule has 0 aromatic heterocycles. The van der Waals surface area contributed by atoms with Crippen LogP contribution in [0.5, 0.6) is 0 Å². The summed E-state index contributed by atoms with van der Waals surface area (Å²) in [4.78, 5) is 14.0. The number of nitrogens with one attached hydrogen (secondary N) is 1. The van der Waals surface area contributed by atoms with Crippen LogP contribution in [-0.2, 0) is 14.8 Å². The summed E-state index contributed by atoms with van der Waals surface area (Å²) in [6, 6.07) is 8.69. The van der Waals surface area contributed by atoms with Crippen LogP contribution in [0, 0.1) is 11.3 Å². The van der Waals surface area contributed by atoms with E-state index in [1.165, 1.54) is 4.31 Å². The van der Waals surface area contributed by atoms with E-state index >= 15 is 0 Å². The maximum Gasteiger partial charge on any atom is 0.225 e. The van der Waals surface area contributed by atoms with Gasteiger partial charge >= 0.3 is 0 Å². The first-order valence-electron chi connectivity index (χ1n) is 7.63. The Morgan fingerprint density at radius 2 is 1.88 bits per heavy atom. The van der Waals surface area contributed by atoms with E-state index in [0.29, 0.717) is 24.2 Å². The van der Waals surface area contributed by atoms with Gasteiger partial charge in [-0.1, -0.05) is 12.1 Å². The van der Waals surface area contributed by atoms with Gasteiger partial charge in [0.15, 0.2) is 0 Å². The topological polar surface area (TPSA) is 93.5 Å². The minimum Gasteiger partial charge on any atom is -0.325 e. The van der Waals surface area contributed by atoms with Crippen LogP contribution >= 0.6 is 0 Å². The minimum atomic E-state index is -3.36. The van der Waals surface area contributed by atoms with Crippen LogP contribution in [-0.4, -0.2) is 63.5 Å². The van der Waals surface area contributed by atoms with E-state index in [0.717, 1.165) is 12.8 Å². The third-order valence-corrected chi connectivity index (χ3v) is 4.69. The van der Waals surface area contributed by atoms with Crippen molar-refractivity contribution in [3.05, 3.63) is 29.8 Å². The lowest BCUT2D eigenvalue weighted by molar-refractivity contribution is -0.116. The summed E-state index contributed by atoms with van der Waals surface area (Å²) in [6.07, 6.45) is 1.87. The van der Waals surface area contributed by atoms with E-state index in [2.05, 4.69) is 5.32 Å². The number of sulfonamides is 1. The Balaban J connectivity index is 2.60. The maximum absolute atomic E-state index is 12.0. The summed E-state index contributed by atoms with van der Waals surface area (Å²) in [6.45, 7) is 1.26. The zero-order valence-corrected chi connectivity index (χ0v) is 15.1. The lowest BCUT2D eigenvalue weighted by atomic mass is 10.2. The van der Waals surface area contributed by atoms with Crippen molar-refractivity contribution in [2.45, 2.75) is 12.8 Å². The molecule has 1 aromatic carbocycles. The van der Waals surface area contributed by atoms with Gasteiger partial charge in [0.1, 0.15) is 6.07 Å². The van der Waals surface area contributed by atoms with Gasteiger partial charge in [0.25, 0.3) is 0 Å². The van der Waals surface area contributed by atoms with Crippen molar-refractivity contribution in [1.29, 1.82) is 5.26 Å². The van der Waals surface area contributed by atoms with Gasteiger partial charge in [-0.2, -0.15) is 5.26 Å². The predicted octanol–water partition coefficient (Wildman–Crippen LogP) is 1.10. The van der Waals surface area contributed by atoms with Gasteiger partial charge in [0, 0.05) is 19.5 Å². The summed E-state index contributed by atoms with van der Waals surface area (Å²) in [5.74, 6) is -0.320. The number of carbonyl (C=O) groups is 1. The number of para-hydroxylation sites is 1. The Bertz CT molecular complexity index is 696. The van der Waals surface area contributed by atoms with E-state index in [-0.39, 0.29) is 18.9 Å². The highest BCUT2D eigenvalue weighted by Gasteiger charge is 2.18. The molecule has 0 heterocycles. The highest BCUT2D eigenvalue weighted by molar-refractivity contribution is 7.88. The van der Waals surface area contributed by atoms with Crippen LogP contribution in [0.4, 0.5) is 5.69 Å². The predicted molar refractivity (Wildman–Crippen MR) is 94.0 cm³/mol. The monoisotopic (exact) mass is 352 g/mol. The first kappa shape index (κ1) is 20.1. The molecule has 8 heteroatoms. The molecule has 0 fully saturated rings. The molecular formula is C16H24N4O3S. The van der Waals surface area contributed by atoms with Crippen molar-refractivity contribution in [2.24, 2.45) is 0 Å². The van der Waals surface area contributed by atoms with Gasteiger partial charge < -0.3 is 10.2 Å². The van der Waals surface area contributed by atoms with Crippen LogP contribution in [0.1, 0.15) is 18.4 Å². The Labute approximate surface area is 143 Å². The van der Waals surface area contributed by atoms with Crippen LogP contribution < -0.4 is 5.32 Å².